The first kappa shape index (κ1) is 68.9. The van der Waals surface area contributed by atoms with Gasteiger partial charge in [-0.05, 0) is 128 Å². The summed E-state index contributed by atoms with van der Waals surface area (Å²) in [5.41, 5.74) is -3.16. The zero-order chi connectivity index (χ0) is 66.0. The van der Waals surface area contributed by atoms with E-state index in [1.165, 1.54) is 62.5 Å². The fourth-order valence-electron chi connectivity index (χ4n) is 10.8. The van der Waals surface area contributed by atoms with Gasteiger partial charge in [0.15, 0.2) is 6.29 Å². The molecule has 2 fully saturated rings. The number of nitrogens with zero attached hydrogens (tertiary/aromatic N) is 4. The maximum absolute atomic E-state index is 14.1. The number of nitro benzene ring substituents is 2. The lowest BCUT2D eigenvalue weighted by Gasteiger charge is -2.52. The van der Waals surface area contributed by atoms with Gasteiger partial charge in [-0.25, -0.2) is 19.2 Å². The number of aliphatic hydroxyl groups is 4. The third-order valence-electron chi connectivity index (χ3n) is 15.0. The average molecular weight is 1260 g/mol. The lowest BCUT2D eigenvalue weighted by Crippen LogP contribution is -2.71. The van der Waals surface area contributed by atoms with Gasteiger partial charge in [0.2, 0.25) is 0 Å². The number of carbonyl (C=O) groups excluding carboxylic acids is 7. The summed E-state index contributed by atoms with van der Waals surface area (Å²) in [6.07, 6.45) is -13.8. The Labute approximate surface area is 516 Å². The summed E-state index contributed by atoms with van der Waals surface area (Å²) in [4.78, 5) is 118. The number of carbonyl (C=O) groups is 7. The highest BCUT2D eigenvalue weighted by Crippen LogP contribution is 2.39. The van der Waals surface area contributed by atoms with Crippen LogP contribution in [0.5, 0.6) is 0 Å². The molecule has 1 aliphatic carbocycles. The minimum Gasteiger partial charge on any atom is -0.491 e. The Kier molecular flexibility index (Phi) is 22.5. The monoisotopic (exact) mass is 1260 g/mol. The number of ether oxygens (including phenoxy) is 7. The molecule has 3 aromatic rings. The van der Waals surface area contributed by atoms with E-state index in [9.17, 15) is 74.2 Å². The average Bonchev–Trinajstić information content (AvgIpc) is 0.930. The van der Waals surface area contributed by atoms with Crippen molar-refractivity contribution in [1.82, 2.24) is 36.4 Å². The summed E-state index contributed by atoms with van der Waals surface area (Å²) in [5.74, 6) is -3.31. The number of alkyl carbamates (subject to hydrolysis) is 3. The van der Waals surface area contributed by atoms with E-state index in [-0.39, 0.29) is 60.9 Å². The Morgan fingerprint density at radius 1 is 0.778 bits per heavy atom. The summed E-state index contributed by atoms with van der Waals surface area (Å²) in [6, 6.07) is 11.1. The van der Waals surface area contributed by atoms with Crippen molar-refractivity contribution in [1.29, 1.82) is 0 Å². The number of nitrogens with one attached hydrogen (secondary N) is 5. The number of nitro groups is 2. The molecule has 0 spiro atoms. The predicted molar refractivity (Wildman–Crippen MR) is 313 cm³/mol. The smallest absolute Gasteiger partial charge is 0.410 e. The Morgan fingerprint density at radius 2 is 1.32 bits per heavy atom. The summed E-state index contributed by atoms with van der Waals surface area (Å²) >= 11 is 0. The Balaban J connectivity index is 1.23. The van der Waals surface area contributed by atoms with Gasteiger partial charge in [-0.15, -0.1) is 0 Å². The van der Waals surface area contributed by atoms with Gasteiger partial charge >= 0.3 is 24.4 Å². The van der Waals surface area contributed by atoms with Crippen molar-refractivity contribution in [2.24, 2.45) is 5.92 Å². The molecule has 9 N–H and O–H groups in total. The normalized spacial score (nSPS) is 25.2. The Hall–Kier alpha value is -8.59. The molecule has 7 rings (SSSR count). The van der Waals surface area contributed by atoms with Crippen molar-refractivity contribution < 1.29 is 97.0 Å². The zero-order valence-corrected chi connectivity index (χ0v) is 50.9. The molecule has 0 bridgehead atoms. The maximum atomic E-state index is 14.1. The molecule has 90 heavy (non-hydrogen) atoms. The van der Waals surface area contributed by atoms with E-state index in [1.54, 1.807) is 71.9 Å². The van der Waals surface area contributed by atoms with E-state index in [1.807, 2.05) is 0 Å². The minimum atomic E-state index is -2.02. The Bertz CT molecular complexity index is 3100. The number of hydrogen-bond acceptors (Lipinski definition) is 23. The molecule has 7 amide bonds. The molecule has 1 unspecified atom stereocenters. The first-order chi connectivity index (χ1) is 42.3. The van der Waals surface area contributed by atoms with E-state index in [2.05, 4.69) is 26.6 Å². The van der Waals surface area contributed by atoms with E-state index >= 15 is 0 Å². The van der Waals surface area contributed by atoms with Gasteiger partial charge < -0.3 is 85.1 Å². The van der Waals surface area contributed by atoms with Crippen molar-refractivity contribution in [2.45, 2.75) is 159 Å². The van der Waals surface area contributed by atoms with Crippen molar-refractivity contribution in [3.63, 3.8) is 0 Å². The van der Waals surface area contributed by atoms with Crippen molar-refractivity contribution in [3.05, 3.63) is 127 Å². The lowest BCUT2D eigenvalue weighted by molar-refractivity contribution is -0.385. The van der Waals surface area contributed by atoms with Crippen LogP contribution in [-0.4, -0.2) is 200 Å². The quantitative estimate of drug-likeness (QED) is 0.0229. The topological polar surface area (TPSA) is 418 Å². The molecule has 3 aliphatic heterocycles. The van der Waals surface area contributed by atoms with E-state index < -0.39 is 162 Å². The van der Waals surface area contributed by atoms with Crippen LogP contribution >= 0.6 is 0 Å². The third kappa shape index (κ3) is 18.1. The molecule has 1 saturated heterocycles. The molecule has 31 heteroatoms. The third-order valence-corrected chi connectivity index (χ3v) is 15.0. The zero-order valence-electron chi connectivity index (χ0n) is 50.9. The number of likely N-dealkylation sites (N-methyl/N-ethyl adjacent to an activating group) is 1. The minimum absolute atomic E-state index is 0.0312. The number of amides is 7. The van der Waals surface area contributed by atoms with Crippen LogP contribution in [0.15, 0.2) is 84.6 Å². The second-order valence-electron chi connectivity index (χ2n) is 24.3. The molecular formula is C59H77N9O22. The number of aliphatic hydroxyl groups excluding tert-OH is 3. The summed E-state index contributed by atoms with van der Waals surface area (Å²) in [5, 5.41) is 84.5. The molecule has 0 aromatic heterocycles. The van der Waals surface area contributed by atoms with Crippen LogP contribution in [0.4, 0.5) is 30.6 Å². The molecule has 3 heterocycles. The molecular weight excluding hydrogens is 1190 g/mol. The van der Waals surface area contributed by atoms with Gasteiger partial charge in [0.25, 0.3) is 29.1 Å². The van der Waals surface area contributed by atoms with Crippen LogP contribution < -0.4 is 26.6 Å². The summed E-state index contributed by atoms with van der Waals surface area (Å²) in [7, 11) is 1.26. The van der Waals surface area contributed by atoms with Gasteiger partial charge in [0.1, 0.15) is 60.2 Å². The molecule has 0 radical (unpaired) electrons. The largest absolute Gasteiger partial charge is 0.491 e. The van der Waals surface area contributed by atoms with Crippen molar-refractivity contribution >= 4 is 53.5 Å². The second kappa shape index (κ2) is 29.4. The highest BCUT2D eigenvalue weighted by Gasteiger charge is 2.57. The van der Waals surface area contributed by atoms with Gasteiger partial charge in [0.05, 0.1) is 64.9 Å². The molecule has 1 saturated carbocycles. The molecule has 12 atom stereocenters. The lowest BCUT2D eigenvalue weighted by atomic mass is 9.72. The van der Waals surface area contributed by atoms with E-state index in [0.29, 0.717) is 17.5 Å². The highest BCUT2D eigenvalue weighted by atomic mass is 16.7. The molecule has 3 aromatic carbocycles. The Morgan fingerprint density at radius 3 is 1.86 bits per heavy atom. The summed E-state index contributed by atoms with van der Waals surface area (Å²) in [6.45, 7) is 9.00. The number of hydrogen-bond donors (Lipinski definition) is 9. The van der Waals surface area contributed by atoms with Crippen LogP contribution in [0.2, 0.25) is 0 Å². The molecule has 490 valence electrons. The first-order valence-corrected chi connectivity index (χ1v) is 28.9. The standard InChI is InChI=1S/C59H77N9O22/c1-57(2,3)89-53(75)61-28-42(69)49(72)62-41-26-40(64-55(77)85-30-33-16-20-35(21-17-33)68(82)83)43(44(70)47(41)88-52-45(71)48(59(7,79)31-86-52)65(8)56(78)90-58(4,5)6)46-39(63-54(76)84-29-32-14-18-34(19-15-32)67(80)81)23-22-36(87-46)27-60-24-11-25-66-50(73)37-12-9-10-13-38(37)51(66)74/h9-10,12-22,39-48,52,60,69-71,79H,11,23-31H2,1-8H3,(H,61,75)(H,62,72)(H,63,76)(H,64,77)/t39-,40+,41-,42+,43?,44+,45-,46+,47+,48-,52-,59+/m1/s1. The molecule has 4 aliphatic rings. The van der Waals surface area contributed by atoms with Gasteiger partial charge in [-0.3, -0.25) is 39.5 Å². The van der Waals surface area contributed by atoms with Crippen molar-refractivity contribution in [2.75, 3.05) is 39.8 Å². The molecule has 31 nitrogen and oxygen atoms in total. The van der Waals surface area contributed by atoms with Crippen LogP contribution in [0.25, 0.3) is 0 Å². The maximum Gasteiger partial charge on any atom is 0.410 e. The van der Waals surface area contributed by atoms with Gasteiger partial charge in [0, 0.05) is 49.8 Å². The fourth-order valence-corrected chi connectivity index (χ4v) is 10.8. The highest BCUT2D eigenvalue weighted by molar-refractivity contribution is 6.21. The predicted octanol–water partition coefficient (Wildman–Crippen LogP) is 3.18. The number of non-ortho nitro benzene ring substituents is 2. The van der Waals surface area contributed by atoms with Gasteiger partial charge in [-0.2, -0.15) is 0 Å². The summed E-state index contributed by atoms with van der Waals surface area (Å²) < 4.78 is 41.1. The van der Waals surface area contributed by atoms with Crippen LogP contribution in [0.3, 0.4) is 0 Å². The first-order valence-electron chi connectivity index (χ1n) is 28.9. The van der Waals surface area contributed by atoms with Crippen LogP contribution in [0.1, 0.15) is 99.6 Å². The fraction of sp³-hybridized carbons (Fsp3) is 0.542. The van der Waals surface area contributed by atoms with Crippen LogP contribution in [0, 0.1) is 26.1 Å². The number of fused-ring (bicyclic) bond motifs is 1. The van der Waals surface area contributed by atoms with E-state index in [0.717, 1.165) is 9.80 Å². The second-order valence-corrected chi connectivity index (χ2v) is 24.3. The number of benzene rings is 3. The SMILES string of the molecule is CN(C(=O)OC(C)(C)C)[C@@H]1[C@@H](O)[C@@H](O[C@H]2[C@H](NC(=O)[C@@H](O)CNC(=O)OC(C)(C)C)C[C@H](NC(=O)OCc3ccc([N+](=O)[O-])cc3)C([C@H]3OC(CNCCCN4C(=O)c5ccccc5C4=O)=CC[C@H]3NC(=O)OCc3ccc([N+](=O)[O-])cc3)[C@@H]2O)OC[C@]1(C)O. The van der Waals surface area contributed by atoms with E-state index in [4.69, 9.17) is 33.2 Å². The number of rotatable bonds is 22. The van der Waals surface area contributed by atoms with Gasteiger partial charge in [-0.1, -0.05) is 12.1 Å². The number of imide groups is 1. The van der Waals surface area contributed by atoms with Crippen molar-refractivity contribution in [3.8, 4) is 0 Å². The van der Waals surface area contributed by atoms with Crippen LogP contribution in [-0.2, 0) is 51.2 Å².